The number of benzene rings is 1. The zero-order chi connectivity index (χ0) is 18.1. The average Bonchev–Trinajstić information content (AvgIpc) is 3.11. The maximum absolute atomic E-state index is 13.8. The number of carbonyl (C=O) groups is 1. The van der Waals surface area contributed by atoms with Crippen LogP contribution in [0.2, 0.25) is 0 Å². The molecule has 8 heteroatoms. The van der Waals surface area contributed by atoms with Crippen LogP contribution in [0.3, 0.4) is 0 Å². The molecule has 1 amide bonds. The molecule has 2 aromatic heterocycles. The first kappa shape index (κ1) is 16.4. The molecule has 1 atom stereocenters. The van der Waals surface area contributed by atoms with Crippen LogP contribution in [0.25, 0.3) is 5.78 Å². The van der Waals surface area contributed by atoms with Crippen molar-refractivity contribution in [3.8, 4) is 0 Å². The molecule has 0 aliphatic carbocycles. The van der Waals surface area contributed by atoms with Crippen molar-refractivity contribution >= 4 is 23.2 Å². The summed E-state index contributed by atoms with van der Waals surface area (Å²) in [5, 5.41) is 6.94. The first-order chi connectivity index (χ1) is 12.6. The van der Waals surface area contributed by atoms with Gasteiger partial charge in [0.2, 0.25) is 5.91 Å². The van der Waals surface area contributed by atoms with Crippen LogP contribution in [0.15, 0.2) is 36.7 Å². The molecule has 1 saturated heterocycles. The van der Waals surface area contributed by atoms with Crippen molar-refractivity contribution in [3.05, 3.63) is 48.2 Å². The van der Waals surface area contributed by atoms with Crippen molar-refractivity contribution in [2.24, 2.45) is 5.92 Å². The Balaban J connectivity index is 1.55. The van der Waals surface area contributed by atoms with Gasteiger partial charge >= 0.3 is 0 Å². The van der Waals surface area contributed by atoms with Gasteiger partial charge in [-0.1, -0.05) is 12.1 Å². The molecule has 7 nitrogen and oxygen atoms in total. The minimum atomic E-state index is -0.428. The standard InChI is InChI=1S/C18H19FN6O/c1-12-9-16(25-18(22-12)20-11-21-25)24-8-4-5-13(10-24)17(26)23-15-7-3-2-6-14(15)19/h2-3,6-7,9,11,13H,4-5,8,10H2,1H3,(H,23,26)/t13-/m0/s1. The van der Waals surface area contributed by atoms with Gasteiger partial charge in [0, 0.05) is 24.8 Å². The third-order valence-corrected chi connectivity index (χ3v) is 4.61. The summed E-state index contributed by atoms with van der Waals surface area (Å²) in [4.78, 5) is 23.2. The van der Waals surface area contributed by atoms with E-state index in [1.165, 1.54) is 12.4 Å². The van der Waals surface area contributed by atoms with Gasteiger partial charge in [-0.2, -0.15) is 14.6 Å². The van der Waals surface area contributed by atoms with Crippen LogP contribution in [0.5, 0.6) is 0 Å². The monoisotopic (exact) mass is 354 g/mol. The molecule has 1 fully saturated rings. The highest BCUT2D eigenvalue weighted by atomic mass is 19.1. The molecule has 1 aliphatic rings. The summed E-state index contributed by atoms with van der Waals surface area (Å²) in [6.45, 7) is 3.27. The fraction of sp³-hybridized carbons (Fsp3) is 0.333. The maximum Gasteiger partial charge on any atom is 0.254 e. The molecule has 3 heterocycles. The first-order valence-corrected chi connectivity index (χ1v) is 8.59. The van der Waals surface area contributed by atoms with E-state index in [9.17, 15) is 9.18 Å². The van der Waals surface area contributed by atoms with Crippen LogP contribution >= 0.6 is 0 Å². The highest BCUT2D eigenvalue weighted by Gasteiger charge is 2.28. The Kier molecular flexibility index (Phi) is 4.24. The van der Waals surface area contributed by atoms with Crippen molar-refractivity contribution in [1.29, 1.82) is 0 Å². The van der Waals surface area contributed by atoms with Crippen molar-refractivity contribution in [2.45, 2.75) is 19.8 Å². The number of anilines is 2. The maximum atomic E-state index is 13.8. The van der Waals surface area contributed by atoms with Gasteiger partial charge in [-0.25, -0.2) is 9.37 Å². The number of hydrogen-bond acceptors (Lipinski definition) is 5. The van der Waals surface area contributed by atoms with Crippen molar-refractivity contribution < 1.29 is 9.18 Å². The van der Waals surface area contributed by atoms with E-state index in [0.29, 0.717) is 12.3 Å². The molecule has 1 aromatic carbocycles. The van der Waals surface area contributed by atoms with Crippen LogP contribution < -0.4 is 10.2 Å². The lowest BCUT2D eigenvalue weighted by Crippen LogP contribution is -2.41. The molecule has 3 aromatic rings. The fourth-order valence-electron chi connectivity index (χ4n) is 3.33. The third-order valence-electron chi connectivity index (χ3n) is 4.61. The van der Waals surface area contributed by atoms with Gasteiger partial charge in [0.15, 0.2) is 0 Å². The highest BCUT2D eigenvalue weighted by molar-refractivity contribution is 5.93. The normalized spacial score (nSPS) is 17.5. The SMILES string of the molecule is Cc1cc(N2CCC[C@H](C(=O)Nc3ccccc3F)C2)n2ncnc2n1. The largest absolute Gasteiger partial charge is 0.356 e. The molecule has 26 heavy (non-hydrogen) atoms. The van der Waals surface area contributed by atoms with Crippen LogP contribution in [0.1, 0.15) is 18.5 Å². The number of aryl methyl sites for hydroxylation is 1. The van der Waals surface area contributed by atoms with Crippen LogP contribution in [-0.2, 0) is 4.79 Å². The lowest BCUT2D eigenvalue weighted by Gasteiger charge is -2.33. The number of fused-ring (bicyclic) bond motifs is 1. The van der Waals surface area contributed by atoms with Gasteiger partial charge in [-0.3, -0.25) is 4.79 Å². The van der Waals surface area contributed by atoms with Crippen LogP contribution in [0, 0.1) is 18.7 Å². The minimum Gasteiger partial charge on any atom is -0.356 e. The molecule has 1 N–H and O–H groups in total. The molecule has 0 radical (unpaired) electrons. The zero-order valence-electron chi connectivity index (χ0n) is 14.4. The van der Waals surface area contributed by atoms with Gasteiger partial charge in [-0.15, -0.1) is 0 Å². The second kappa shape index (κ2) is 6.70. The summed E-state index contributed by atoms with van der Waals surface area (Å²) in [5.41, 5.74) is 1.06. The molecule has 1 aliphatic heterocycles. The number of para-hydroxylation sites is 1. The molecule has 0 bridgehead atoms. The number of piperidine rings is 1. The molecule has 4 rings (SSSR count). The molecule has 134 valence electrons. The number of carbonyl (C=O) groups excluding carboxylic acids is 1. The van der Waals surface area contributed by atoms with Gasteiger partial charge in [-0.05, 0) is 31.9 Å². The number of halogens is 1. The summed E-state index contributed by atoms with van der Waals surface area (Å²) < 4.78 is 15.5. The highest BCUT2D eigenvalue weighted by Crippen LogP contribution is 2.25. The summed E-state index contributed by atoms with van der Waals surface area (Å²) in [7, 11) is 0. The van der Waals surface area contributed by atoms with E-state index in [-0.39, 0.29) is 17.5 Å². The second-order valence-corrected chi connectivity index (χ2v) is 6.48. The summed E-state index contributed by atoms with van der Waals surface area (Å²) >= 11 is 0. The van der Waals surface area contributed by atoms with Crippen LogP contribution in [-0.4, -0.2) is 38.6 Å². The summed E-state index contributed by atoms with van der Waals surface area (Å²) in [5.74, 6) is 0.588. The zero-order valence-corrected chi connectivity index (χ0v) is 14.4. The Hall–Kier alpha value is -3.03. The van der Waals surface area contributed by atoms with Gasteiger partial charge < -0.3 is 10.2 Å². The van der Waals surface area contributed by atoms with Crippen LogP contribution in [0.4, 0.5) is 15.9 Å². The number of hydrogen-bond donors (Lipinski definition) is 1. The van der Waals surface area contributed by atoms with E-state index in [4.69, 9.17) is 0 Å². The number of amides is 1. The van der Waals surface area contributed by atoms with Gasteiger partial charge in [0.25, 0.3) is 5.78 Å². The van der Waals surface area contributed by atoms with E-state index in [0.717, 1.165) is 30.9 Å². The van der Waals surface area contributed by atoms with E-state index < -0.39 is 5.82 Å². The second-order valence-electron chi connectivity index (χ2n) is 6.48. The molecular formula is C18H19FN6O. The van der Waals surface area contributed by atoms with Gasteiger partial charge in [0.1, 0.15) is 18.0 Å². The Morgan fingerprint density at radius 3 is 3.04 bits per heavy atom. The lowest BCUT2D eigenvalue weighted by molar-refractivity contribution is -0.120. The lowest BCUT2D eigenvalue weighted by atomic mass is 9.97. The smallest absolute Gasteiger partial charge is 0.254 e. The van der Waals surface area contributed by atoms with E-state index in [1.54, 1.807) is 22.7 Å². The first-order valence-electron chi connectivity index (χ1n) is 8.59. The topological polar surface area (TPSA) is 75.4 Å². The van der Waals surface area contributed by atoms with Crippen molar-refractivity contribution in [2.75, 3.05) is 23.3 Å². The summed E-state index contributed by atoms with van der Waals surface area (Å²) in [6.07, 6.45) is 3.10. The third kappa shape index (κ3) is 3.10. The van der Waals surface area contributed by atoms with E-state index in [1.807, 2.05) is 13.0 Å². The Morgan fingerprint density at radius 1 is 1.35 bits per heavy atom. The predicted octanol–water partition coefficient (Wildman–Crippen LogP) is 2.43. The van der Waals surface area contributed by atoms with Crippen molar-refractivity contribution in [1.82, 2.24) is 19.6 Å². The predicted molar refractivity (Wildman–Crippen MR) is 95.5 cm³/mol. The molecule has 0 unspecified atom stereocenters. The Bertz CT molecular complexity index is 956. The molecule has 0 spiro atoms. The number of aromatic nitrogens is 4. The number of nitrogens with zero attached hydrogens (tertiary/aromatic N) is 5. The molecule has 0 saturated carbocycles. The van der Waals surface area contributed by atoms with E-state index in [2.05, 4.69) is 25.3 Å². The quantitative estimate of drug-likeness (QED) is 0.782. The van der Waals surface area contributed by atoms with E-state index >= 15 is 0 Å². The molecular weight excluding hydrogens is 335 g/mol. The Labute approximate surface area is 149 Å². The van der Waals surface area contributed by atoms with Crippen molar-refractivity contribution in [3.63, 3.8) is 0 Å². The minimum absolute atomic E-state index is 0.166. The number of nitrogens with one attached hydrogen (secondary N) is 1. The Morgan fingerprint density at radius 2 is 2.19 bits per heavy atom. The summed E-state index contributed by atoms with van der Waals surface area (Å²) in [6, 6.07) is 8.15. The van der Waals surface area contributed by atoms with Gasteiger partial charge in [0.05, 0.1) is 11.6 Å². The average molecular weight is 354 g/mol. The number of rotatable bonds is 3. The fourth-order valence-corrected chi connectivity index (χ4v) is 3.33.